The molecule has 3 nitrogen and oxygen atoms in total. The van der Waals surface area contributed by atoms with E-state index in [-0.39, 0.29) is 0 Å². The molecule has 17 heavy (non-hydrogen) atoms. The van der Waals surface area contributed by atoms with E-state index in [1.807, 2.05) is 12.1 Å². The van der Waals surface area contributed by atoms with Crippen molar-refractivity contribution in [2.45, 2.75) is 12.8 Å². The number of methoxy groups -OCH3 is 1. The number of hydrogen-bond acceptors (Lipinski definition) is 3. The number of halogens is 1. The molecule has 0 fully saturated rings. The third-order valence-electron chi connectivity index (χ3n) is 2.71. The summed E-state index contributed by atoms with van der Waals surface area (Å²) in [6, 6.07) is 5.97. The molecule has 0 aliphatic heterocycles. The lowest BCUT2D eigenvalue weighted by atomic mass is 10.1. The van der Waals surface area contributed by atoms with Gasteiger partial charge in [-0.05, 0) is 43.1 Å². The topological polar surface area (TPSA) is 38.5 Å². The maximum atomic E-state index is 6.00. The van der Waals surface area contributed by atoms with Crippen molar-refractivity contribution in [1.29, 1.82) is 0 Å². The van der Waals surface area contributed by atoms with Gasteiger partial charge in [0.05, 0.1) is 0 Å². The number of nitrogens with zero attached hydrogens (tertiary/aromatic N) is 1. The Kier molecular flexibility index (Phi) is 6.34. The molecule has 2 N–H and O–H groups in total. The zero-order valence-corrected chi connectivity index (χ0v) is 11.3. The minimum atomic E-state index is 0.638. The van der Waals surface area contributed by atoms with Gasteiger partial charge in [-0.25, -0.2) is 0 Å². The van der Waals surface area contributed by atoms with Crippen LogP contribution in [0.25, 0.3) is 0 Å². The Labute approximate surface area is 109 Å². The predicted molar refractivity (Wildman–Crippen MR) is 74.0 cm³/mol. The second-order valence-electron chi connectivity index (χ2n) is 4.08. The highest BCUT2D eigenvalue weighted by Gasteiger charge is 2.07. The molecule has 1 aromatic carbocycles. The lowest BCUT2D eigenvalue weighted by Crippen LogP contribution is -2.21. The summed E-state index contributed by atoms with van der Waals surface area (Å²) in [4.78, 5) is 2.22. The number of rotatable bonds is 7. The lowest BCUT2D eigenvalue weighted by Gasteiger charge is -2.22. The minimum absolute atomic E-state index is 0.638. The van der Waals surface area contributed by atoms with E-state index in [2.05, 4.69) is 18.0 Å². The van der Waals surface area contributed by atoms with Gasteiger partial charge in [-0.2, -0.15) is 0 Å². The third-order valence-corrected chi connectivity index (χ3v) is 2.94. The van der Waals surface area contributed by atoms with Gasteiger partial charge in [0.2, 0.25) is 0 Å². The number of hydrogen-bond donors (Lipinski definition) is 1. The van der Waals surface area contributed by atoms with Gasteiger partial charge in [-0.15, -0.1) is 0 Å². The molecular formula is C13H21ClN2O. The fourth-order valence-electron chi connectivity index (χ4n) is 1.85. The first-order chi connectivity index (χ1) is 8.19. The molecule has 0 bridgehead atoms. The first kappa shape index (κ1) is 14.3. The molecule has 0 radical (unpaired) electrons. The van der Waals surface area contributed by atoms with Crippen LogP contribution in [0.1, 0.15) is 12.0 Å². The van der Waals surface area contributed by atoms with Crippen LogP contribution in [0.15, 0.2) is 18.2 Å². The van der Waals surface area contributed by atoms with Crippen LogP contribution < -0.4 is 10.6 Å². The number of benzene rings is 1. The molecule has 0 aromatic heterocycles. The van der Waals surface area contributed by atoms with Crippen molar-refractivity contribution in [2.24, 2.45) is 5.73 Å². The van der Waals surface area contributed by atoms with Gasteiger partial charge in [0.25, 0.3) is 0 Å². The maximum Gasteiger partial charge on any atom is 0.0479 e. The van der Waals surface area contributed by atoms with Gasteiger partial charge in [0, 0.05) is 38.0 Å². The van der Waals surface area contributed by atoms with Crippen LogP contribution in [0.5, 0.6) is 0 Å². The molecule has 0 aliphatic carbocycles. The summed E-state index contributed by atoms with van der Waals surface area (Å²) in [5.74, 6) is 0. The summed E-state index contributed by atoms with van der Waals surface area (Å²) in [5.41, 5.74) is 8.03. The van der Waals surface area contributed by atoms with Gasteiger partial charge in [-0.3, -0.25) is 0 Å². The summed E-state index contributed by atoms with van der Waals surface area (Å²) in [6.07, 6.45) is 1.86. The van der Waals surface area contributed by atoms with Gasteiger partial charge in [-0.1, -0.05) is 11.6 Å². The molecule has 0 heterocycles. The van der Waals surface area contributed by atoms with Crippen molar-refractivity contribution in [3.05, 3.63) is 28.8 Å². The first-order valence-electron chi connectivity index (χ1n) is 5.87. The highest BCUT2D eigenvalue weighted by molar-refractivity contribution is 6.30. The van der Waals surface area contributed by atoms with E-state index in [0.29, 0.717) is 6.54 Å². The predicted octanol–water partition coefficient (Wildman–Crippen LogP) is 2.31. The van der Waals surface area contributed by atoms with Crippen LogP contribution in [0.3, 0.4) is 0 Å². The summed E-state index contributed by atoms with van der Waals surface area (Å²) >= 11 is 6.00. The first-order valence-corrected chi connectivity index (χ1v) is 6.25. The highest BCUT2D eigenvalue weighted by Crippen LogP contribution is 2.24. The van der Waals surface area contributed by atoms with E-state index < -0.39 is 0 Å². The zero-order valence-electron chi connectivity index (χ0n) is 10.6. The smallest absolute Gasteiger partial charge is 0.0479 e. The maximum absolute atomic E-state index is 6.00. The zero-order chi connectivity index (χ0) is 12.7. The van der Waals surface area contributed by atoms with Crippen molar-refractivity contribution in [1.82, 2.24) is 0 Å². The van der Waals surface area contributed by atoms with Crippen molar-refractivity contribution >= 4 is 17.3 Å². The summed E-state index contributed by atoms with van der Waals surface area (Å²) in [5, 5.41) is 0.766. The van der Waals surface area contributed by atoms with Crippen LogP contribution in [0.4, 0.5) is 5.69 Å². The average Bonchev–Trinajstić information content (AvgIpc) is 2.30. The van der Waals surface area contributed by atoms with Gasteiger partial charge < -0.3 is 15.4 Å². The van der Waals surface area contributed by atoms with E-state index in [1.54, 1.807) is 7.11 Å². The third kappa shape index (κ3) is 4.54. The average molecular weight is 257 g/mol. The van der Waals surface area contributed by atoms with Crippen molar-refractivity contribution in [2.75, 3.05) is 38.8 Å². The van der Waals surface area contributed by atoms with Crippen LogP contribution in [-0.4, -0.2) is 33.9 Å². The number of nitrogens with two attached hydrogens (primary N) is 1. The number of anilines is 1. The SMILES string of the molecule is COCCCN(C)c1ccc(Cl)cc1CCN. The lowest BCUT2D eigenvalue weighted by molar-refractivity contribution is 0.196. The molecule has 0 atom stereocenters. The van der Waals surface area contributed by atoms with E-state index in [9.17, 15) is 0 Å². The van der Waals surface area contributed by atoms with E-state index in [1.165, 1.54) is 11.3 Å². The van der Waals surface area contributed by atoms with E-state index in [4.69, 9.17) is 22.1 Å². The molecular weight excluding hydrogens is 236 g/mol. The quantitative estimate of drug-likeness (QED) is 0.761. The minimum Gasteiger partial charge on any atom is -0.385 e. The van der Waals surface area contributed by atoms with E-state index >= 15 is 0 Å². The molecule has 0 saturated carbocycles. The molecule has 0 aliphatic rings. The molecule has 0 unspecified atom stereocenters. The van der Waals surface area contributed by atoms with Gasteiger partial charge in [0.1, 0.15) is 0 Å². The summed E-state index contributed by atoms with van der Waals surface area (Å²) < 4.78 is 5.06. The molecule has 0 amide bonds. The summed E-state index contributed by atoms with van der Waals surface area (Å²) in [7, 11) is 3.81. The van der Waals surface area contributed by atoms with Crippen molar-refractivity contribution in [3.63, 3.8) is 0 Å². The molecule has 1 aromatic rings. The monoisotopic (exact) mass is 256 g/mol. The Hall–Kier alpha value is -0.770. The standard InChI is InChI=1S/C13H21ClN2O/c1-16(8-3-9-17-2)13-5-4-12(14)10-11(13)6-7-15/h4-5,10H,3,6-9,15H2,1-2H3. The fraction of sp³-hybridized carbons (Fsp3) is 0.538. The molecule has 4 heteroatoms. The number of ether oxygens (including phenoxy) is 1. The van der Waals surface area contributed by atoms with Crippen LogP contribution in [0.2, 0.25) is 5.02 Å². The molecule has 0 spiro atoms. The van der Waals surface area contributed by atoms with E-state index in [0.717, 1.165) is 31.0 Å². The summed E-state index contributed by atoms with van der Waals surface area (Å²) in [6.45, 7) is 2.39. The van der Waals surface area contributed by atoms with Crippen LogP contribution >= 0.6 is 11.6 Å². The molecule has 96 valence electrons. The van der Waals surface area contributed by atoms with Crippen molar-refractivity contribution < 1.29 is 4.74 Å². The highest BCUT2D eigenvalue weighted by atomic mass is 35.5. The Morgan fingerprint density at radius 3 is 2.82 bits per heavy atom. The Morgan fingerprint density at radius 1 is 1.41 bits per heavy atom. The normalized spacial score (nSPS) is 10.6. The Bertz CT molecular complexity index is 344. The largest absolute Gasteiger partial charge is 0.385 e. The van der Waals surface area contributed by atoms with Gasteiger partial charge in [0.15, 0.2) is 0 Å². The fourth-order valence-corrected chi connectivity index (χ4v) is 2.04. The van der Waals surface area contributed by atoms with Crippen LogP contribution in [0, 0.1) is 0 Å². The second kappa shape index (κ2) is 7.54. The van der Waals surface area contributed by atoms with Crippen LogP contribution in [-0.2, 0) is 11.2 Å². The molecule has 0 saturated heterocycles. The Morgan fingerprint density at radius 2 is 2.18 bits per heavy atom. The molecule has 1 rings (SSSR count). The van der Waals surface area contributed by atoms with Crippen molar-refractivity contribution in [3.8, 4) is 0 Å². The second-order valence-corrected chi connectivity index (χ2v) is 4.52. The van der Waals surface area contributed by atoms with Gasteiger partial charge >= 0.3 is 0 Å². The Balaban J connectivity index is 2.73.